The second-order valence-corrected chi connectivity index (χ2v) is 8.01. The van der Waals surface area contributed by atoms with E-state index in [9.17, 15) is 4.79 Å². The highest BCUT2D eigenvalue weighted by Crippen LogP contribution is 2.25. The third-order valence-electron chi connectivity index (χ3n) is 4.89. The lowest BCUT2D eigenvalue weighted by Gasteiger charge is -2.21. The molecule has 1 aliphatic rings. The molecular formula is C22H23N3O2S. The second kappa shape index (κ2) is 8.02. The first kappa shape index (κ1) is 18.5. The maximum Gasteiger partial charge on any atom is 0.254 e. The summed E-state index contributed by atoms with van der Waals surface area (Å²) >= 11 is 1.61. The molecule has 0 aliphatic carbocycles. The van der Waals surface area contributed by atoms with Gasteiger partial charge in [0.2, 0.25) is 0 Å². The molecule has 28 heavy (non-hydrogen) atoms. The largest absolute Gasteiger partial charge is 0.487 e. The number of rotatable bonds is 4. The lowest BCUT2D eigenvalue weighted by molar-refractivity contribution is 0.0751. The Kier molecular flexibility index (Phi) is 5.30. The molecular weight excluding hydrogens is 370 g/mol. The molecule has 0 fully saturated rings. The van der Waals surface area contributed by atoms with E-state index in [4.69, 9.17) is 4.74 Å². The van der Waals surface area contributed by atoms with Crippen LogP contribution in [0.3, 0.4) is 0 Å². The summed E-state index contributed by atoms with van der Waals surface area (Å²) in [5, 5.41) is 3.02. The van der Waals surface area contributed by atoms with Gasteiger partial charge in [-0.3, -0.25) is 4.79 Å². The fourth-order valence-electron chi connectivity index (χ4n) is 3.40. The first-order valence-corrected chi connectivity index (χ1v) is 10.2. The minimum absolute atomic E-state index is 0.0278. The molecule has 0 atom stereocenters. The highest BCUT2D eigenvalue weighted by molar-refractivity contribution is 7.09. The highest BCUT2D eigenvalue weighted by atomic mass is 32.1. The van der Waals surface area contributed by atoms with Gasteiger partial charge in [-0.15, -0.1) is 11.3 Å². The predicted octanol–water partition coefficient (Wildman–Crippen LogP) is 4.12. The molecule has 2 aromatic carbocycles. The van der Waals surface area contributed by atoms with Crippen molar-refractivity contribution in [2.24, 2.45) is 0 Å². The van der Waals surface area contributed by atoms with Crippen LogP contribution in [0.25, 0.3) is 0 Å². The van der Waals surface area contributed by atoms with E-state index in [1.54, 1.807) is 11.3 Å². The molecule has 2 heterocycles. The van der Waals surface area contributed by atoms with Crippen molar-refractivity contribution >= 4 is 22.9 Å². The molecule has 0 radical (unpaired) electrons. The number of nitrogens with zero attached hydrogens (tertiary/aromatic N) is 3. The summed E-state index contributed by atoms with van der Waals surface area (Å²) in [5.74, 6) is 0.712. The highest BCUT2D eigenvalue weighted by Gasteiger charge is 2.22. The summed E-state index contributed by atoms with van der Waals surface area (Å²) in [6, 6.07) is 15.7. The first-order valence-electron chi connectivity index (χ1n) is 9.32. The number of para-hydroxylation sites is 1. The van der Waals surface area contributed by atoms with Crippen molar-refractivity contribution in [3.63, 3.8) is 0 Å². The smallest absolute Gasteiger partial charge is 0.254 e. The van der Waals surface area contributed by atoms with Gasteiger partial charge < -0.3 is 14.5 Å². The number of fused-ring (bicyclic) bond motifs is 1. The Hall–Kier alpha value is -2.86. The Morgan fingerprint density at radius 2 is 2.04 bits per heavy atom. The summed E-state index contributed by atoms with van der Waals surface area (Å²) in [4.78, 5) is 21.7. The van der Waals surface area contributed by atoms with Crippen LogP contribution in [-0.2, 0) is 13.2 Å². The molecule has 1 amide bonds. The zero-order valence-corrected chi connectivity index (χ0v) is 16.9. The van der Waals surface area contributed by atoms with Crippen LogP contribution in [0.5, 0.6) is 5.75 Å². The molecule has 5 nitrogen and oxygen atoms in total. The van der Waals surface area contributed by atoms with E-state index in [1.165, 1.54) is 11.3 Å². The van der Waals surface area contributed by atoms with Gasteiger partial charge in [0.15, 0.2) is 0 Å². The van der Waals surface area contributed by atoms with Crippen molar-refractivity contribution in [1.82, 2.24) is 9.88 Å². The zero-order valence-electron chi connectivity index (χ0n) is 16.1. The number of carbonyl (C=O) groups is 1. The molecule has 4 rings (SSSR count). The quantitative estimate of drug-likeness (QED) is 0.669. The molecule has 144 valence electrons. The molecule has 1 aromatic heterocycles. The van der Waals surface area contributed by atoms with E-state index in [0.29, 0.717) is 31.0 Å². The Labute approximate surface area is 169 Å². The topological polar surface area (TPSA) is 45.7 Å². The number of amides is 1. The number of benzene rings is 2. The molecule has 1 aliphatic heterocycles. The molecule has 0 saturated heterocycles. The van der Waals surface area contributed by atoms with Crippen LogP contribution in [0.4, 0.5) is 5.69 Å². The number of carbonyl (C=O) groups excluding carboxylic acids is 1. The lowest BCUT2D eigenvalue weighted by Crippen LogP contribution is -2.34. The van der Waals surface area contributed by atoms with Crippen LogP contribution in [-0.4, -0.2) is 35.9 Å². The number of thiazole rings is 1. The number of hydrogen-bond donors (Lipinski definition) is 0. The van der Waals surface area contributed by atoms with Gasteiger partial charge in [0.25, 0.3) is 5.91 Å². The Bertz CT molecular complexity index is 985. The maximum atomic E-state index is 13.1. The average molecular weight is 394 g/mol. The Morgan fingerprint density at radius 1 is 1.18 bits per heavy atom. The monoisotopic (exact) mass is 393 g/mol. The van der Waals surface area contributed by atoms with Crippen LogP contribution in [0.2, 0.25) is 0 Å². The van der Waals surface area contributed by atoms with Crippen molar-refractivity contribution in [2.45, 2.75) is 20.1 Å². The first-order chi connectivity index (χ1) is 13.6. The van der Waals surface area contributed by atoms with Gasteiger partial charge >= 0.3 is 0 Å². The molecule has 0 N–H and O–H groups in total. The average Bonchev–Trinajstić information content (AvgIpc) is 3.06. The van der Waals surface area contributed by atoms with Crippen LogP contribution >= 0.6 is 11.3 Å². The lowest BCUT2D eigenvalue weighted by atomic mass is 10.1. The van der Waals surface area contributed by atoms with Crippen molar-refractivity contribution in [3.05, 3.63) is 75.7 Å². The molecule has 0 saturated carbocycles. The van der Waals surface area contributed by atoms with E-state index in [0.717, 1.165) is 17.2 Å². The van der Waals surface area contributed by atoms with Crippen LogP contribution in [0, 0.1) is 6.92 Å². The van der Waals surface area contributed by atoms with E-state index in [1.807, 2.05) is 53.6 Å². The van der Waals surface area contributed by atoms with Crippen LogP contribution < -0.4 is 9.64 Å². The number of hydrogen-bond acceptors (Lipinski definition) is 5. The Balaban J connectivity index is 1.49. The summed E-state index contributed by atoms with van der Waals surface area (Å²) < 4.78 is 5.85. The summed E-state index contributed by atoms with van der Waals surface area (Å²) in [6.07, 6.45) is 0. The second-order valence-electron chi connectivity index (χ2n) is 6.95. The van der Waals surface area contributed by atoms with Gasteiger partial charge in [-0.25, -0.2) is 4.98 Å². The number of anilines is 1. The summed E-state index contributed by atoms with van der Waals surface area (Å²) in [7, 11) is 2.07. The molecule has 3 aromatic rings. The van der Waals surface area contributed by atoms with Gasteiger partial charge in [-0.05, 0) is 36.8 Å². The van der Waals surface area contributed by atoms with Crippen molar-refractivity contribution in [3.8, 4) is 5.75 Å². The predicted molar refractivity (Wildman–Crippen MR) is 112 cm³/mol. The molecule has 6 heteroatoms. The number of likely N-dealkylation sites (N-methyl/N-ethyl adjacent to an activating group) is 1. The maximum absolute atomic E-state index is 13.1. The van der Waals surface area contributed by atoms with E-state index in [-0.39, 0.29) is 5.91 Å². The minimum Gasteiger partial charge on any atom is -0.487 e. The van der Waals surface area contributed by atoms with Crippen LogP contribution in [0.1, 0.15) is 26.6 Å². The number of ether oxygens (including phenoxy) is 1. The van der Waals surface area contributed by atoms with Gasteiger partial charge in [0.1, 0.15) is 12.4 Å². The fraction of sp³-hybridized carbons (Fsp3) is 0.273. The number of aromatic nitrogens is 1. The fourth-order valence-corrected chi connectivity index (χ4v) is 4.00. The summed E-state index contributed by atoms with van der Waals surface area (Å²) in [5.41, 5.74) is 3.91. The van der Waals surface area contributed by atoms with Gasteiger partial charge in [-0.1, -0.05) is 24.3 Å². The van der Waals surface area contributed by atoms with Gasteiger partial charge in [-0.2, -0.15) is 0 Å². The molecule has 0 spiro atoms. The normalized spacial score (nSPS) is 13.8. The van der Waals surface area contributed by atoms with Gasteiger partial charge in [0.05, 0.1) is 10.7 Å². The summed E-state index contributed by atoms with van der Waals surface area (Å²) in [6.45, 7) is 4.49. The molecule has 0 bridgehead atoms. The van der Waals surface area contributed by atoms with Crippen molar-refractivity contribution in [1.29, 1.82) is 0 Å². The van der Waals surface area contributed by atoms with Crippen molar-refractivity contribution in [2.75, 3.05) is 25.0 Å². The Morgan fingerprint density at radius 3 is 2.86 bits per heavy atom. The third kappa shape index (κ3) is 4.02. The SMILES string of the molecule is Cc1nc(COc2cccc(C(=O)N3CCN(C)c4ccccc4C3)c2)cs1. The number of aryl methyl sites for hydroxylation is 1. The third-order valence-corrected chi connectivity index (χ3v) is 5.71. The van der Waals surface area contributed by atoms with E-state index < -0.39 is 0 Å². The van der Waals surface area contributed by atoms with Gasteiger partial charge in [0, 0.05) is 43.3 Å². The van der Waals surface area contributed by atoms with E-state index >= 15 is 0 Å². The standard InChI is InChI=1S/C22H23N3O2S/c1-16-23-19(15-28-16)14-27-20-8-5-7-17(12-20)22(26)25-11-10-24(2)21-9-4-3-6-18(21)13-25/h3-9,12,15H,10-11,13-14H2,1-2H3. The van der Waals surface area contributed by atoms with E-state index in [2.05, 4.69) is 29.1 Å². The molecule has 0 unspecified atom stereocenters. The zero-order chi connectivity index (χ0) is 19.5. The minimum atomic E-state index is 0.0278. The van der Waals surface area contributed by atoms with Crippen LogP contribution in [0.15, 0.2) is 53.9 Å². The van der Waals surface area contributed by atoms with Crippen molar-refractivity contribution < 1.29 is 9.53 Å².